The molecule has 6 N–H and O–H groups in total. The number of aliphatic hydroxyl groups is 6. The summed E-state index contributed by atoms with van der Waals surface area (Å²) < 4.78 is 37.5. The van der Waals surface area contributed by atoms with Crippen LogP contribution in [0.2, 0.25) is 0 Å². The number of hydrogen-bond donors (Lipinski definition) is 6. The van der Waals surface area contributed by atoms with Gasteiger partial charge in [-0.25, -0.2) is 18.1 Å². The van der Waals surface area contributed by atoms with Crippen LogP contribution in [0.4, 0.5) is 0 Å². The molecule has 1 saturated carbocycles. The van der Waals surface area contributed by atoms with Crippen LogP contribution in [0.1, 0.15) is 0 Å². The van der Waals surface area contributed by atoms with Crippen molar-refractivity contribution in [3.8, 4) is 0 Å². The van der Waals surface area contributed by atoms with Gasteiger partial charge in [-0.05, 0) is 6.66 Å². The van der Waals surface area contributed by atoms with Gasteiger partial charge in [0.15, 0.2) is 18.6 Å². The monoisotopic (exact) mass is 332 g/mol. The van der Waals surface area contributed by atoms with E-state index >= 15 is 0 Å². The minimum absolute atomic E-state index is 0.804. The number of phosphoric acid groups is 1. The fourth-order valence-corrected chi connectivity index (χ4v) is 8.63. The Balaban J connectivity index is 2.10. The molecule has 0 aromatic rings. The zero-order chi connectivity index (χ0) is 15.2. The quantitative estimate of drug-likeness (QED) is 0.248. The van der Waals surface area contributed by atoms with Crippen molar-refractivity contribution in [2.45, 2.75) is 34.1 Å². The van der Waals surface area contributed by atoms with Crippen molar-refractivity contribution in [1.82, 2.24) is 0 Å². The van der Waals surface area contributed by atoms with Crippen LogP contribution in [-0.4, -0.2) is 71.5 Å². The van der Waals surface area contributed by atoms with E-state index in [1.807, 2.05) is 0 Å². The minimum atomic E-state index is -4.73. The van der Waals surface area contributed by atoms with E-state index in [2.05, 4.69) is 13.6 Å². The van der Waals surface area contributed by atoms with Gasteiger partial charge < -0.3 is 35.2 Å². The molecule has 0 aromatic carbocycles. The molecule has 1 aliphatic carbocycles. The van der Waals surface area contributed by atoms with Crippen molar-refractivity contribution in [2.75, 3.05) is 6.66 Å². The number of fused-ring (bicyclic) bond motifs is 3. The van der Waals surface area contributed by atoms with Crippen LogP contribution < -0.4 is 0 Å². The van der Waals surface area contributed by atoms with Crippen LogP contribution >= 0.6 is 15.0 Å². The van der Waals surface area contributed by atoms with Crippen molar-refractivity contribution >= 4 is 15.0 Å². The Kier molecular flexibility index (Phi) is 1.86. The molecule has 20 heavy (non-hydrogen) atoms. The van der Waals surface area contributed by atoms with E-state index < -0.39 is 49.1 Å². The average molecular weight is 332 g/mol. The molecule has 114 valence electrons. The molecule has 13 heteroatoms. The van der Waals surface area contributed by atoms with Crippen LogP contribution in [0, 0.1) is 0 Å². The van der Waals surface area contributed by atoms with Gasteiger partial charge in [0.25, 0.3) is 17.4 Å². The van der Waals surface area contributed by atoms with Gasteiger partial charge in [-0.1, -0.05) is 0 Å². The Morgan fingerprint density at radius 1 is 0.950 bits per heavy atom. The van der Waals surface area contributed by atoms with Gasteiger partial charge in [-0.2, -0.15) is 0 Å². The molecule has 4 rings (SSSR count). The van der Waals surface area contributed by atoms with E-state index in [0.717, 1.165) is 6.66 Å². The Morgan fingerprint density at radius 3 is 1.95 bits per heavy atom. The maximum Gasteiger partial charge on any atom is 0.483 e. The summed E-state index contributed by atoms with van der Waals surface area (Å²) in [6.45, 7) is 0.804. The normalized spacial score (nSPS) is 77.5. The molecule has 0 amide bonds. The summed E-state index contributed by atoms with van der Waals surface area (Å²) in [6, 6.07) is 0. The predicted molar refractivity (Wildman–Crippen MR) is 55.1 cm³/mol. The highest BCUT2D eigenvalue weighted by atomic mass is 31.2. The highest BCUT2D eigenvalue weighted by Crippen LogP contribution is 2.97. The predicted octanol–water partition coefficient (Wildman–Crippen LogP) is -3.00. The van der Waals surface area contributed by atoms with Crippen LogP contribution in [0.15, 0.2) is 0 Å². The van der Waals surface area contributed by atoms with Crippen LogP contribution in [0.25, 0.3) is 0 Å². The lowest BCUT2D eigenvalue weighted by Gasteiger charge is -2.51. The average Bonchev–Trinajstić information content (AvgIpc) is 2.55. The zero-order valence-electron chi connectivity index (χ0n) is 9.70. The Hall–Kier alpha value is 0.1000. The standard InChI is InChI=1S/C7H10O11P2/c1-19(14)4(10)2(8)3(9)5(11)6(12,7(4,19)13)18-20(15,16-3)17-5/h2,8-13H,1H3/t2-,3+,4-,5+,6-,7+,19?,20?/m0/s1. The van der Waals surface area contributed by atoms with Crippen molar-refractivity contribution in [1.29, 1.82) is 0 Å². The Morgan fingerprint density at radius 2 is 1.45 bits per heavy atom. The molecule has 2 unspecified atom stereocenters. The summed E-state index contributed by atoms with van der Waals surface area (Å²) in [5, 5.41) is 55.0. The Bertz CT molecular complexity index is 659. The molecule has 4 aliphatic rings. The molecule has 11 nitrogen and oxygen atoms in total. The topological polar surface area (TPSA) is 183 Å². The third-order valence-corrected chi connectivity index (χ3v) is 9.64. The van der Waals surface area contributed by atoms with E-state index in [4.69, 9.17) is 0 Å². The highest BCUT2D eigenvalue weighted by Gasteiger charge is 3.09. The third kappa shape index (κ3) is 0.785. The maximum atomic E-state index is 12.3. The lowest BCUT2D eigenvalue weighted by atomic mass is 9.77. The number of rotatable bonds is 0. The first kappa shape index (κ1) is 13.7. The van der Waals surface area contributed by atoms with Gasteiger partial charge in [-0.15, -0.1) is 0 Å². The molecule has 3 heterocycles. The molecule has 3 aliphatic heterocycles. The van der Waals surface area contributed by atoms with Crippen molar-refractivity contribution in [3.63, 3.8) is 0 Å². The fraction of sp³-hybridized carbons (Fsp3) is 1.00. The number of hydrogen-bond acceptors (Lipinski definition) is 11. The smallest absolute Gasteiger partial charge is 0.384 e. The third-order valence-electron chi connectivity index (χ3n) is 4.64. The van der Waals surface area contributed by atoms with Crippen molar-refractivity contribution in [3.05, 3.63) is 0 Å². The van der Waals surface area contributed by atoms with Gasteiger partial charge >= 0.3 is 7.82 Å². The van der Waals surface area contributed by atoms with E-state index in [1.54, 1.807) is 0 Å². The number of aliphatic hydroxyl groups excluding tert-OH is 1. The minimum Gasteiger partial charge on any atom is -0.384 e. The molecule has 8 atom stereocenters. The van der Waals surface area contributed by atoms with Crippen molar-refractivity contribution in [2.24, 2.45) is 0 Å². The molecule has 0 aromatic heterocycles. The van der Waals surface area contributed by atoms with Crippen molar-refractivity contribution < 1.29 is 53.3 Å². The first-order valence-corrected chi connectivity index (χ1v) is 8.99. The molecule has 0 radical (unpaired) electrons. The summed E-state index contributed by atoms with van der Waals surface area (Å²) in [7, 11) is -8.93. The molecule has 0 spiro atoms. The largest absolute Gasteiger partial charge is 0.483 e. The summed E-state index contributed by atoms with van der Waals surface area (Å²) in [5.41, 5.74) is 0. The van der Waals surface area contributed by atoms with E-state index in [9.17, 15) is 39.8 Å². The molecule has 4 fully saturated rings. The first-order chi connectivity index (χ1) is 8.78. The molecule has 2 bridgehead atoms. The van der Waals surface area contributed by atoms with E-state index in [1.165, 1.54) is 0 Å². The second-order valence-corrected chi connectivity index (χ2v) is 10.1. The summed E-state index contributed by atoms with van der Waals surface area (Å²) in [4.78, 5) is 0. The molecule has 3 saturated heterocycles. The first-order valence-electron chi connectivity index (χ1n) is 5.37. The summed E-state index contributed by atoms with van der Waals surface area (Å²) in [6.07, 6.45) is -2.57. The fourth-order valence-electron chi connectivity index (χ4n) is 3.41. The molecular formula is C7H10O11P2. The lowest BCUT2D eigenvalue weighted by molar-refractivity contribution is -0.467. The van der Waals surface area contributed by atoms with E-state index in [-0.39, 0.29) is 0 Å². The van der Waals surface area contributed by atoms with Gasteiger partial charge in [-0.3, -0.25) is 0 Å². The SMILES string of the molecule is CP1(=O)[C@@]2(O)[C@@]3(O)OP4(=O)O[C@]3(O)[C@](O)(O4)[C@H](O)[C@@]21O. The maximum absolute atomic E-state index is 12.3. The number of phosphoric ester groups is 1. The second-order valence-electron chi connectivity index (χ2n) is 5.43. The van der Waals surface area contributed by atoms with Gasteiger partial charge in [0.2, 0.25) is 5.34 Å². The highest BCUT2D eigenvalue weighted by molar-refractivity contribution is 7.74. The lowest BCUT2D eigenvalue weighted by Crippen LogP contribution is -2.82. The van der Waals surface area contributed by atoms with Gasteiger partial charge in [0, 0.05) is 0 Å². The Labute approximate surface area is 110 Å². The second kappa shape index (κ2) is 2.70. The van der Waals surface area contributed by atoms with E-state index in [0.29, 0.717) is 0 Å². The van der Waals surface area contributed by atoms with Gasteiger partial charge in [0.1, 0.15) is 0 Å². The van der Waals surface area contributed by atoms with Gasteiger partial charge in [0.05, 0.1) is 0 Å². The van der Waals surface area contributed by atoms with Crippen LogP contribution in [0.5, 0.6) is 0 Å². The zero-order valence-corrected chi connectivity index (χ0v) is 11.5. The molecular weight excluding hydrogens is 322 g/mol. The summed E-state index contributed by atoms with van der Waals surface area (Å²) in [5.74, 6) is -10.1. The van der Waals surface area contributed by atoms with Crippen LogP contribution in [-0.2, 0) is 22.7 Å². The van der Waals surface area contributed by atoms with Crippen LogP contribution in [0.3, 0.4) is 0 Å². The summed E-state index contributed by atoms with van der Waals surface area (Å²) >= 11 is 0.